The van der Waals surface area contributed by atoms with Crippen molar-refractivity contribution in [3.05, 3.63) is 53.9 Å². The lowest BCUT2D eigenvalue weighted by atomic mass is 10.1. The number of rotatable bonds is 6. The van der Waals surface area contributed by atoms with Crippen molar-refractivity contribution in [3.63, 3.8) is 0 Å². The van der Waals surface area contributed by atoms with Gasteiger partial charge in [-0.25, -0.2) is 0 Å². The molecule has 2 aromatic rings. The van der Waals surface area contributed by atoms with Gasteiger partial charge in [0, 0.05) is 18.3 Å². The minimum Gasteiger partial charge on any atom is -0.312 e. The van der Waals surface area contributed by atoms with Crippen molar-refractivity contribution >= 4 is 0 Å². The average Bonchev–Trinajstić information content (AvgIpc) is 3.10. The molecule has 112 valence electrons. The van der Waals surface area contributed by atoms with Gasteiger partial charge in [-0.1, -0.05) is 43.7 Å². The van der Waals surface area contributed by atoms with Crippen LogP contribution in [-0.4, -0.2) is 16.3 Å². The molecule has 2 atom stereocenters. The molecule has 0 spiro atoms. The van der Waals surface area contributed by atoms with Gasteiger partial charge in [-0.3, -0.25) is 4.68 Å². The fraction of sp³-hybridized carbons (Fsp3) is 0.500. The molecule has 1 heterocycles. The summed E-state index contributed by atoms with van der Waals surface area (Å²) in [7, 11) is 0. The van der Waals surface area contributed by atoms with E-state index in [0.29, 0.717) is 0 Å². The van der Waals surface area contributed by atoms with E-state index in [2.05, 4.69) is 47.8 Å². The van der Waals surface area contributed by atoms with Crippen LogP contribution >= 0.6 is 0 Å². The molecule has 3 nitrogen and oxygen atoms in total. The smallest absolute Gasteiger partial charge is 0.0659 e. The van der Waals surface area contributed by atoms with E-state index in [1.54, 1.807) is 0 Å². The maximum Gasteiger partial charge on any atom is 0.0659 e. The molecule has 1 aromatic carbocycles. The van der Waals surface area contributed by atoms with Crippen LogP contribution in [0.15, 0.2) is 42.7 Å². The molecule has 1 saturated carbocycles. The highest BCUT2D eigenvalue weighted by Crippen LogP contribution is 2.29. The van der Waals surface area contributed by atoms with Crippen LogP contribution in [0.3, 0.4) is 0 Å². The van der Waals surface area contributed by atoms with Crippen LogP contribution in [0.2, 0.25) is 0 Å². The fourth-order valence-electron chi connectivity index (χ4n) is 3.29. The third-order valence-corrected chi connectivity index (χ3v) is 4.44. The Morgan fingerprint density at radius 1 is 1.19 bits per heavy atom. The van der Waals surface area contributed by atoms with Gasteiger partial charge in [0.1, 0.15) is 0 Å². The van der Waals surface area contributed by atoms with Crippen molar-refractivity contribution in [1.82, 2.24) is 15.1 Å². The van der Waals surface area contributed by atoms with E-state index >= 15 is 0 Å². The van der Waals surface area contributed by atoms with Crippen LogP contribution in [0.1, 0.15) is 37.3 Å². The Labute approximate surface area is 127 Å². The first-order valence-electron chi connectivity index (χ1n) is 8.05. The lowest BCUT2D eigenvalue weighted by molar-refractivity contribution is 0.470. The van der Waals surface area contributed by atoms with Gasteiger partial charge in [-0.2, -0.15) is 5.10 Å². The van der Waals surface area contributed by atoms with Crippen molar-refractivity contribution in [1.29, 1.82) is 0 Å². The van der Waals surface area contributed by atoms with E-state index in [-0.39, 0.29) is 0 Å². The normalized spacial score (nSPS) is 21.8. The molecule has 1 fully saturated rings. The van der Waals surface area contributed by atoms with Crippen molar-refractivity contribution in [3.8, 4) is 0 Å². The summed E-state index contributed by atoms with van der Waals surface area (Å²) >= 11 is 0. The first-order valence-corrected chi connectivity index (χ1v) is 8.05. The van der Waals surface area contributed by atoms with E-state index in [1.807, 2.05) is 16.9 Å². The van der Waals surface area contributed by atoms with Crippen molar-refractivity contribution in [2.24, 2.45) is 11.8 Å². The predicted molar refractivity (Wildman–Crippen MR) is 86.0 cm³/mol. The molecule has 0 amide bonds. The SMILES string of the molecule is CC1CCC(CNCc2cnn(Cc3ccccc3)c2)C1. The number of benzene rings is 1. The molecule has 2 unspecified atom stereocenters. The second kappa shape index (κ2) is 6.90. The number of hydrogen-bond acceptors (Lipinski definition) is 2. The first-order chi connectivity index (χ1) is 10.3. The molecule has 1 aliphatic carbocycles. The molecule has 0 saturated heterocycles. The molecule has 1 aromatic heterocycles. The summed E-state index contributed by atoms with van der Waals surface area (Å²) in [4.78, 5) is 0. The highest BCUT2D eigenvalue weighted by atomic mass is 15.3. The standard InChI is InChI=1S/C18H25N3/c1-15-7-8-17(9-15)10-19-11-18-12-20-21(14-18)13-16-5-3-2-4-6-16/h2-6,12,14-15,17,19H,7-11,13H2,1H3. The Balaban J connectivity index is 1.44. The van der Waals surface area contributed by atoms with E-state index < -0.39 is 0 Å². The Morgan fingerprint density at radius 2 is 2.05 bits per heavy atom. The monoisotopic (exact) mass is 283 g/mol. The zero-order chi connectivity index (χ0) is 14.5. The largest absolute Gasteiger partial charge is 0.312 e. The summed E-state index contributed by atoms with van der Waals surface area (Å²) < 4.78 is 2.02. The topological polar surface area (TPSA) is 29.9 Å². The molecule has 0 aliphatic heterocycles. The zero-order valence-corrected chi connectivity index (χ0v) is 12.8. The maximum atomic E-state index is 4.45. The Hall–Kier alpha value is -1.61. The lowest BCUT2D eigenvalue weighted by Gasteiger charge is -2.10. The molecule has 0 radical (unpaired) electrons. The van der Waals surface area contributed by atoms with Crippen molar-refractivity contribution in [2.75, 3.05) is 6.54 Å². The third kappa shape index (κ3) is 4.18. The molecular weight excluding hydrogens is 258 g/mol. The van der Waals surface area contributed by atoms with E-state index in [1.165, 1.54) is 30.4 Å². The van der Waals surface area contributed by atoms with Gasteiger partial charge in [-0.05, 0) is 36.8 Å². The molecule has 3 rings (SSSR count). The van der Waals surface area contributed by atoms with E-state index in [0.717, 1.165) is 31.5 Å². The summed E-state index contributed by atoms with van der Waals surface area (Å²) in [6, 6.07) is 10.5. The predicted octanol–water partition coefficient (Wildman–Crippen LogP) is 3.46. The highest BCUT2D eigenvalue weighted by Gasteiger charge is 2.20. The number of hydrogen-bond donors (Lipinski definition) is 1. The van der Waals surface area contributed by atoms with Gasteiger partial charge >= 0.3 is 0 Å². The van der Waals surface area contributed by atoms with Gasteiger partial charge in [0.15, 0.2) is 0 Å². The van der Waals surface area contributed by atoms with Crippen LogP contribution in [0, 0.1) is 11.8 Å². The number of nitrogens with zero attached hydrogens (tertiary/aromatic N) is 2. The van der Waals surface area contributed by atoms with Crippen LogP contribution in [0.25, 0.3) is 0 Å². The highest BCUT2D eigenvalue weighted by molar-refractivity contribution is 5.15. The van der Waals surface area contributed by atoms with Crippen LogP contribution in [0.5, 0.6) is 0 Å². The quantitative estimate of drug-likeness (QED) is 0.880. The van der Waals surface area contributed by atoms with Crippen LogP contribution in [0.4, 0.5) is 0 Å². The molecule has 21 heavy (non-hydrogen) atoms. The van der Waals surface area contributed by atoms with Crippen LogP contribution in [-0.2, 0) is 13.1 Å². The molecular formula is C18H25N3. The zero-order valence-electron chi connectivity index (χ0n) is 12.8. The van der Waals surface area contributed by atoms with Gasteiger partial charge in [0.05, 0.1) is 12.7 Å². The number of nitrogens with one attached hydrogen (secondary N) is 1. The van der Waals surface area contributed by atoms with Crippen molar-refractivity contribution in [2.45, 2.75) is 39.3 Å². The average molecular weight is 283 g/mol. The maximum absolute atomic E-state index is 4.45. The lowest BCUT2D eigenvalue weighted by Crippen LogP contribution is -2.20. The van der Waals surface area contributed by atoms with E-state index in [4.69, 9.17) is 0 Å². The van der Waals surface area contributed by atoms with Gasteiger partial charge in [0.2, 0.25) is 0 Å². The summed E-state index contributed by atoms with van der Waals surface area (Å²) in [6.07, 6.45) is 8.31. The summed E-state index contributed by atoms with van der Waals surface area (Å²) in [5.41, 5.74) is 2.57. The third-order valence-electron chi connectivity index (χ3n) is 4.44. The molecule has 0 bridgehead atoms. The summed E-state index contributed by atoms with van der Waals surface area (Å²) in [5.74, 6) is 1.80. The van der Waals surface area contributed by atoms with E-state index in [9.17, 15) is 0 Å². The van der Waals surface area contributed by atoms with Gasteiger partial charge in [0.25, 0.3) is 0 Å². The van der Waals surface area contributed by atoms with Gasteiger partial charge in [-0.15, -0.1) is 0 Å². The Kier molecular flexibility index (Phi) is 4.71. The fourth-order valence-corrected chi connectivity index (χ4v) is 3.29. The second-order valence-corrected chi connectivity index (χ2v) is 6.45. The Morgan fingerprint density at radius 3 is 2.81 bits per heavy atom. The number of aromatic nitrogens is 2. The minimum absolute atomic E-state index is 0.848. The van der Waals surface area contributed by atoms with Crippen LogP contribution < -0.4 is 5.32 Å². The molecule has 3 heteroatoms. The second-order valence-electron chi connectivity index (χ2n) is 6.45. The Bertz CT molecular complexity index is 547. The molecule has 1 aliphatic rings. The summed E-state index contributed by atoms with van der Waals surface area (Å²) in [5, 5.41) is 8.04. The molecule has 1 N–H and O–H groups in total. The minimum atomic E-state index is 0.848. The van der Waals surface area contributed by atoms with Gasteiger partial charge < -0.3 is 5.32 Å². The first kappa shape index (κ1) is 14.3. The summed E-state index contributed by atoms with van der Waals surface area (Å²) in [6.45, 7) is 5.29. The van der Waals surface area contributed by atoms with Crippen molar-refractivity contribution < 1.29 is 0 Å².